The summed E-state index contributed by atoms with van der Waals surface area (Å²) in [6.45, 7) is 0.454. The van der Waals surface area contributed by atoms with Gasteiger partial charge in [-0.3, -0.25) is 19.9 Å². The number of para-hydroxylation sites is 2. The quantitative estimate of drug-likeness (QED) is 0.554. The molecule has 1 N–H and O–H groups in total. The van der Waals surface area contributed by atoms with Crippen LogP contribution in [0.15, 0.2) is 60.8 Å². The Labute approximate surface area is 144 Å². The van der Waals surface area contributed by atoms with Crippen LogP contribution in [0.2, 0.25) is 0 Å². The summed E-state index contributed by atoms with van der Waals surface area (Å²) in [6, 6.07) is 16.1. The van der Waals surface area contributed by atoms with Crippen molar-refractivity contribution in [3.8, 4) is 0 Å². The van der Waals surface area contributed by atoms with Crippen molar-refractivity contribution in [3.05, 3.63) is 82.0 Å². The smallest absolute Gasteiger partial charge is 0.273 e. The monoisotopic (exact) mass is 335 g/mol. The SMILES string of the molecule is O=C(Cc1ccccc1[N+](=O)[O-])NCCc1cccc2cccnc12. The zero-order valence-corrected chi connectivity index (χ0v) is 13.5. The van der Waals surface area contributed by atoms with Gasteiger partial charge in [-0.25, -0.2) is 0 Å². The molecular weight excluding hydrogens is 318 g/mol. The highest BCUT2D eigenvalue weighted by atomic mass is 16.6. The summed E-state index contributed by atoms with van der Waals surface area (Å²) in [7, 11) is 0. The van der Waals surface area contributed by atoms with E-state index < -0.39 is 4.92 Å². The van der Waals surface area contributed by atoms with E-state index in [1.54, 1.807) is 24.4 Å². The summed E-state index contributed by atoms with van der Waals surface area (Å²) in [5.74, 6) is -0.234. The van der Waals surface area contributed by atoms with E-state index in [9.17, 15) is 14.9 Å². The van der Waals surface area contributed by atoms with E-state index in [2.05, 4.69) is 10.3 Å². The number of benzene rings is 2. The lowest BCUT2D eigenvalue weighted by Gasteiger charge is -2.08. The highest BCUT2D eigenvalue weighted by molar-refractivity contribution is 5.82. The second kappa shape index (κ2) is 7.53. The molecule has 1 amide bonds. The predicted molar refractivity (Wildman–Crippen MR) is 95.3 cm³/mol. The summed E-state index contributed by atoms with van der Waals surface area (Å²) in [5, 5.41) is 14.9. The van der Waals surface area contributed by atoms with Gasteiger partial charge in [0.25, 0.3) is 5.69 Å². The van der Waals surface area contributed by atoms with Crippen LogP contribution in [0.4, 0.5) is 5.69 Å². The first-order valence-corrected chi connectivity index (χ1v) is 7.97. The summed E-state index contributed by atoms with van der Waals surface area (Å²) in [5.41, 5.74) is 2.37. The Morgan fingerprint density at radius 2 is 1.80 bits per heavy atom. The van der Waals surface area contributed by atoms with Crippen molar-refractivity contribution in [2.24, 2.45) is 0 Å². The average Bonchev–Trinajstić information content (AvgIpc) is 2.62. The van der Waals surface area contributed by atoms with Crippen molar-refractivity contribution >= 4 is 22.5 Å². The third-order valence-corrected chi connectivity index (χ3v) is 3.97. The zero-order valence-electron chi connectivity index (χ0n) is 13.5. The van der Waals surface area contributed by atoms with Crippen molar-refractivity contribution in [1.82, 2.24) is 10.3 Å². The fourth-order valence-electron chi connectivity index (χ4n) is 2.78. The molecule has 0 saturated carbocycles. The highest BCUT2D eigenvalue weighted by Crippen LogP contribution is 2.18. The van der Waals surface area contributed by atoms with E-state index in [4.69, 9.17) is 0 Å². The van der Waals surface area contributed by atoms with Gasteiger partial charge in [-0.15, -0.1) is 0 Å². The van der Waals surface area contributed by atoms with E-state index in [1.165, 1.54) is 6.07 Å². The fourth-order valence-corrected chi connectivity index (χ4v) is 2.78. The molecule has 0 radical (unpaired) electrons. The van der Waals surface area contributed by atoms with Crippen LogP contribution in [0.5, 0.6) is 0 Å². The number of aromatic nitrogens is 1. The van der Waals surface area contributed by atoms with Gasteiger partial charge in [0.2, 0.25) is 5.91 Å². The molecule has 0 aliphatic carbocycles. The van der Waals surface area contributed by atoms with Crippen LogP contribution >= 0.6 is 0 Å². The number of rotatable bonds is 6. The number of hydrogen-bond acceptors (Lipinski definition) is 4. The van der Waals surface area contributed by atoms with Crippen LogP contribution in [0.25, 0.3) is 10.9 Å². The van der Waals surface area contributed by atoms with Crippen molar-refractivity contribution in [1.29, 1.82) is 0 Å². The van der Waals surface area contributed by atoms with Crippen molar-refractivity contribution in [2.45, 2.75) is 12.8 Å². The van der Waals surface area contributed by atoms with Crippen LogP contribution in [-0.2, 0) is 17.6 Å². The first-order chi connectivity index (χ1) is 12.1. The number of pyridine rings is 1. The maximum absolute atomic E-state index is 12.1. The molecule has 0 saturated heterocycles. The Bertz CT molecular complexity index is 919. The topological polar surface area (TPSA) is 85.1 Å². The number of carbonyl (C=O) groups is 1. The molecule has 0 aliphatic heterocycles. The summed E-state index contributed by atoms with van der Waals surface area (Å²) < 4.78 is 0. The lowest BCUT2D eigenvalue weighted by Crippen LogP contribution is -2.27. The van der Waals surface area contributed by atoms with E-state index in [1.807, 2.05) is 30.3 Å². The van der Waals surface area contributed by atoms with Gasteiger partial charge in [0.05, 0.1) is 16.9 Å². The number of fused-ring (bicyclic) bond motifs is 1. The molecule has 0 bridgehead atoms. The van der Waals surface area contributed by atoms with E-state index >= 15 is 0 Å². The van der Waals surface area contributed by atoms with Gasteiger partial charge < -0.3 is 5.32 Å². The Balaban J connectivity index is 1.61. The number of amides is 1. The van der Waals surface area contributed by atoms with Gasteiger partial charge in [0.1, 0.15) is 0 Å². The molecule has 0 fully saturated rings. The second-order valence-corrected chi connectivity index (χ2v) is 5.65. The molecule has 0 spiro atoms. The van der Waals surface area contributed by atoms with Crippen molar-refractivity contribution in [2.75, 3.05) is 6.54 Å². The van der Waals surface area contributed by atoms with Gasteiger partial charge in [-0.2, -0.15) is 0 Å². The minimum atomic E-state index is -0.468. The van der Waals surface area contributed by atoms with Gasteiger partial charge in [0.15, 0.2) is 0 Å². The summed E-state index contributed by atoms with van der Waals surface area (Å²) in [6.07, 6.45) is 2.39. The molecule has 3 rings (SSSR count). The maximum Gasteiger partial charge on any atom is 0.273 e. The second-order valence-electron chi connectivity index (χ2n) is 5.65. The number of carbonyl (C=O) groups excluding carboxylic acids is 1. The van der Waals surface area contributed by atoms with Crippen LogP contribution < -0.4 is 5.32 Å². The van der Waals surface area contributed by atoms with Crippen molar-refractivity contribution < 1.29 is 9.72 Å². The van der Waals surface area contributed by atoms with Gasteiger partial charge in [-0.05, 0) is 18.1 Å². The minimum absolute atomic E-state index is 0.00899. The van der Waals surface area contributed by atoms with E-state index in [0.717, 1.165) is 16.5 Å². The normalized spacial score (nSPS) is 10.6. The van der Waals surface area contributed by atoms with Crippen LogP contribution in [0.1, 0.15) is 11.1 Å². The third-order valence-electron chi connectivity index (χ3n) is 3.97. The average molecular weight is 335 g/mol. The molecule has 6 nitrogen and oxygen atoms in total. The van der Waals surface area contributed by atoms with E-state index in [0.29, 0.717) is 18.5 Å². The standard InChI is InChI=1S/C19H17N3O3/c23-18(13-16-5-1-2-9-17(16)22(24)25)20-12-10-15-7-3-6-14-8-4-11-21-19(14)15/h1-9,11H,10,12-13H2,(H,20,23). The molecular formula is C19H17N3O3. The molecule has 25 heavy (non-hydrogen) atoms. The molecule has 2 aromatic carbocycles. The molecule has 3 aromatic rings. The number of nitro benzene ring substituents is 1. The Hall–Kier alpha value is -3.28. The van der Waals surface area contributed by atoms with Gasteiger partial charge >= 0.3 is 0 Å². The Kier molecular flexibility index (Phi) is 4.99. The first-order valence-electron chi connectivity index (χ1n) is 7.97. The third kappa shape index (κ3) is 3.98. The zero-order chi connectivity index (χ0) is 17.6. The lowest BCUT2D eigenvalue weighted by molar-refractivity contribution is -0.385. The molecule has 0 aliphatic rings. The van der Waals surface area contributed by atoms with E-state index in [-0.39, 0.29) is 18.0 Å². The number of nitrogens with zero attached hydrogens (tertiary/aromatic N) is 2. The summed E-state index contributed by atoms with van der Waals surface area (Å²) in [4.78, 5) is 27.0. The maximum atomic E-state index is 12.1. The van der Waals surface area contributed by atoms with Crippen LogP contribution in [-0.4, -0.2) is 22.4 Å². The molecule has 1 heterocycles. The number of nitrogens with one attached hydrogen (secondary N) is 1. The molecule has 0 atom stereocenters. The predicted octanol–water partition coefficient (Wildman–Crippen LogP) is 3.04. The van der Waals surface area contributed by atoms with Crippen LogP contribution in [0, 0.1) is 10.1 Å². The molecule has 1 aromatic heterocycles. The van der Waals surface area contributed by atoms with Gasteiger partial charge in [0, 0.05) is 29.8 Å². The first kappa shape index (κ1) is 16.6. The molecule has 6 heteroatoms. The Morgan fingerprint density at radius 1 is 1.04 bits per heavy atom. The largest absolute Gasteiger partial charge is 0.355 e. The highest BCUT2D eigenvalue weighted by Gasteiger charge is 2.15. The number of hydrogen-bond donors (Lipinski definition) is 1. The fraction of sp³-hybridized carbons (Fsp3) is 0.158. The molecule has 0 unspecified atom stereocenters. The molecule has 126 valence electrons. The minimum Gasteiger partial charge on any atom is -0.355 e. The lowest BCUT2D eigenvalue weighted by atomic mass is 10.1. The Morgan fingerprint density at radius 3 is 2.64 bits per heavy atom. The van der Waals surface area contributed by atoms with Crippen LogP contribution in [0.3, 0.4) is 0 Å². The summed E-state index contributed by atoms with van der Waals surface area (Å²) >= 11 is 0. The number of nitro groups is 1. The van der Waals surface area contributed by atoms with Crippen molar-refractivity contribution in [3.63, 3.8) is 0 Å². The van der Waals surface area contributed by atoms with Gasteiger partial charge in [-0.1, -0.05) is 42.5 Å².